The van der Waals surface area contributed by atoms with Crippen molar-refractivity contribution in [3.05, 3.63) is 12.7 Å². The Labute approximate surface area is 102 Å². The molecule has 0 aromatic heterocycles. The van der Waals surface area contributed by atoms with E-state index in [9.17, 15) is 9.90 Å². The molecule has 0 radical (unpaired) electrons. The fourth-order valence-electron chi connectivity index (χ4n) is 1.05. The molecule has 4 nitrogen and oxygen atoms in total. The van der Waals surface area contributed by atoms with Crippen LogP contribution >= 0.6 is 12.6 Å². The van der Waals surface area contributed by atoms with Gasteiger partial charge in [0.05, 0.1) is 12.7 Å². The molecule has 5 heteroatoms. The number of carbonyl (C=O) groups excluding carboxylic acids is 1. The van der Waals surface area contributed by atoms with Crippen LogP contribution in [0.2, 0.25) is 0 Å². The fourth-order valence-corrected chi connectivity index (χ4v) is 1.23. The van der Waals surface area contributed by atoms with E-state index in [1.165, 1.54) is 6.08 Å². The molecule has 0 heterocycles. The van der Waals surface area contributed by atoms with Crippen molar-refractivity contribution in [1.29, 1.82) is 0 Å². The third kappa shape index (κ3) is 10.0. The summed E-state index contributed by atoms with van der Waals surface area (Å²) in [6.07, 6.45) is 2.42. The number of carbonyl (C=O) groups is 1. The summed E-state index contributed by atoms with van der Waals surface area (Å²) in [5, 5.41) is 12.3. The molecule has 0 rings (SSSR count). The van der Waals surface area contributed by atoms with Crippen molar-refractivity contribution in [2.45, 2.75) is 31.1 Å². The zero-order valence-electron chi connectivity index (χ0n) is 9.69. The Morgan fingerprint density at radius 2 is 2.38 bits per heavy atom. The standard InChI is InChI=1S/C11H21NO3S/c1-3-11(14)12-7-10(13)8-15-6-4-5-9(2)16/h3,9-10,13,16H,1,4-8H2,2H3,(H,12,14). The van der Waals surface area contributed by atoms with Gasteiger partial charge < -0.3 is 15.2 Å². The predicted molar refractivity (Wildman–Crippen MR) is 67.7 cm³/mol. The lowest BCUT2D eigenvalue weighted by Crippen LogP contribution is -2.33. The maximum Gasteiger partial charge on any atom is 0.243 e. The molecule has 0 saturated heterocycles. The van der Waals surface area contributed by atoms with Gasteiger partial charge in [-0.05, 0) is 24.2 Å². The minimum Gasteiger partial charge on any atom is -0.389 e. The van der Waals surface area contributed by atoms with Crippen LogP contribution in [0.25, 0.3) is 0 Å². The van der Waals surface area contributed by atoms with Crippen LogP contribution in [-0.2, 0) is 9.53 Å². The van der Waals surface area contributed by atoms with Crippen molar-refractivity contribution >= 4 is 18.5 Å². The van der Waals surface area contributed by atoms with Gasteiger partial charge in [-0.25, -0.2) is 0 Å². The van der Waals surface area contributed by atoms with Crippen LogP contribution in [0.3, 0.4) is 0 Å². The van der Waals surface area contributed by atoms with Crippen LogP contribution in [0.5, 0.6) is 0 Å². The molecular weight excluding hydrogens is 226 g/mol. The van der Waals surface area contributed by atoms with Crippen LogP contribution in [0.1, 0.15) is 19.8 Å². The van der Waals surface area contributed by atoms with Crippen molar-refractivity contribution in [2.24, 2.45) is 0 Å². The van der Waals surface area contributed by atoms with E-state index < -0.39 is 6.10 Å². The number of ether oxygens (including phenoxy) is 1. The second-order valence-corrected chi connectivity index (χ2v) is 4.55. The summed E-state index contributed by atoms with van der Waals surface area (Å²) in [6, 6.07) is 0. The first-order valence-corrected chi connectivity index (χ1v) is 5.92. The fraction of sp³-hybridized carbons (Fsp3) is 0.727. The van der Waals surface area contributed by atoms with Crippen LogP contribution in [0, 0.1) is 0 Å². The zero-order valence-corrected chi connectivity index (χ0v) is 10.6. The van der Waals surface area contributed by atoms with Crippen molar-refractivity contribution in [3.63, 3.8) is 0 Å². The zero-order chi connectivity index (χ0) is 12.4. The minimum absolute atomic E-state index is 0.188. The van der Waals surface area contributed by atoms with Crippen molar-refractivity contribution in [3.8, 4) is 0 Å². The molecule has 2 atom stereocenters. The van der Waals surface area contributed by atoms with Gasteiger partial charge >= 0.3 is 0 Å². The molecule has 0 spiro atoms. The van der Waals surface area contributed by atoms with Gasteiger partial charge in [0.25, 0.3) is 0 Å². The first-order chi connectivity index (χ1) is 7.56. The van der Waals surface area contributed by atoms with Crippen LogP contribution in [-0.4, -0.2) is 42.1 Å². The molecule has 94 valence electrons. The van der Waals surface area contributed by atoms with Crippen molar-refractivity contribution < 1.29 is 14.6 Å². The SMILES string of the molecule is C=CC(=O)NCC(O)COCCCC(C)S. The molecule has 0 saturated carbocycles. The van der Waals surface area contributed by atoms with Gasteiger partial charge in [-0.3, -0.25) is 4.79 Å². The lowest BCUT2D eigenvalue weighted by molar-refractivity contribution is -0.117. The van der Waals surface area contributed by atoms with E-state index >= 15 is 0 Å². The monoisotopic (exact) mass is 247 g/mol. The summed E-state index contributed by atoms with van der Waals surface area (Å²) in [6.45, 7) is 6.37. The molecule has 0 aromatic carbocycles. The Morgan fingerprint density at radius 1 is 1.69 bits per heavy atom. The molecule has 0 aromatic rings. The molecular formula is C11H21NO3S. The smallest absolute Gasteiger partial charge is 0.243 e. The molecule has 16 heavy (non-hydrogen) atoms. The van der Waals surface area contributed by atoms with E-state index in [-0.39, 0.29) is 19.1 Å². The topological polar surface area (TPSA) is 58.6 Å². The number of hydrogen-bond donors (Lipinski definition) is 3. The number of aliphatic hydroxyl groups is 1. The van der Waals surface area contributed by atoms with Crippen LogP contribution in [0.15, 0.2) is 12.7 Å². The maximum atomic E-state index is 10.8. The van der Waals surface area contributed by atoms with Crippen molar-refractivity contribution in [1.82, 2.24) is 5.32 Å². The van der Waals surface area contributed by atoms with E-state index in [1.807, 2.05) is 6.92 Å². The van der Waals surface area contributed by atoms with Gasteiger partial charge in [0.1, 0.15) is 0 Å². The lowest BCUT2D eigenvalue weighted by Gasteiger charge is -2.11. The highest BCUT2D eigenvalue weighted by Gasteiger charge is 2.05. The Bertz CT molecular complexity index is 209. The Morgan fingerprint density at radius 3 is 2.94 bits per heavy atom. The molecule has 0 aliphatic carbocycles. The maximum absolute atomic E-state index is 10.8. The van der Waals surface area contributed by atoms with Gasteiger partial charge in [-0.2, -0.15) is 12.6 Å². The lowest BCUT2D eigenvalue weighted by atomic mass is 10.2. The molecule has 2 unspecified atom stereocenters. The molecule has 0 bridgehead atoms. The van der Waals surface area contributed by atoms with E-state index in [0.29, 0.717) is 11.9 Å². The number of amides is 1. The largest absolute Gasteiger partial charge is 0.389 e. The molecule has 0 fully saturated rings. The van der Waals surface area contributed by atoms with Gasteiger partial charge in [0, 0.05) is 13.2 Å². The third-order valence-corrected chi connectivity index (χ3v) is 2.18. The van der Waals surface area contributed by atoms with Gasteiger partial charge in [0.2, 0.25) is 5.91 Å². The third-order valence-electron chi connectivity index (χ3n) is 1.92. The number of aliphatic hydroxyl groups excluding tert-OH is 1. The summed E-state index contributed by atoms with van der Waals surface area (Å²) in [5.41, 5.74) is 0. The van der Waals surface area contributed by atoms with Gasteiger partial charge in [-0.15, -0.1) is 0 Å². The van der Waals surface area contributed by atoms with Crippen LogP contribution < -0.4 is 5.32 Å². The average Bonchev–Trinajstić information content (AvgIpc) is 2.24. The average molecular weight is 247 g/mol. The summed E-state index contributed by atoms with van der Waals surface area (Å²) in [4.78, 5) is 10.8. The molecule has 0 aliphatic heterocycles. The normalized spacial score (nSPS) is 14.2. The highest BCUT2D eigenvalue weighted by atomic mass is 32.1. The van der Waals surface area contributed by atoms with E-state index in [1.54, 1.807) is 0 Å². The summed E-state index contributed by atoms with van der Waals surface area (Å²) >= 11 is 4.25. The minimum atomic E-state index is -0.669. The Hall–Kier alpha value is -0.520. The summed E-state index contributed by atoms with van der Waals surface area (Å²) in [7, 11) is 0. The Balaban J connectivity index is 3.33. The molecule has 1 amide bonds. The van der Waals surface area contributed by atoms with E-state index in [0.717, 1.165) is 12.8 Å². The van der Waals surface area contributed by atoms with Crippen molar-refractivity contribution in [2.75, 3.05) is 19.8 Å². The van der Waals surface area contributed by atoms with Gasteiger partial charge in [-0.1, -0.05) is 13.5 Å². The first-order valence-electron chi connectivity index (χ1n) is 5.40. The quantitative estimate of drug-likeness (QED) is 0.320. The highest BCUT2D eigenvalue weighted by molar-refractivity contribution is 7.80. The Kier molecular flexibility index (Phi) is 9.37. The molecule has 2 N–H and O–H groups in total. The second kappa shape index (κ2) is 9.69. The second-order valence-electron chi connectivity index (χ2n) is 3.67. The van der Waals surface area contributed by atoms with E-state index in [4.69, 9.17) is 4.74 Å². The van der Waals surface area contributed by atoms with Gasteiger partial charge in [0.15, 0.2) is 0 Å². The summed E-state index contributed by atoms with van der Waals surface area (Å²) < 4.78 is 5.25. The van der Waals surface area contributed by atoms with E-state index in [2.05, 4.69) is 24.5 Å². The predicted octanol–water partition coefficient (Wildman–Crippen LogP) is 0.765. The highest BCUT2D eigenvalue weighted by Crippen LogP contribution is 2.02. The first kappa shape index (κ1) is 15.5. The number of thiol groups is 1. The number of hydrogen-bond acceptors (Lipinski definition) is 4. The molecule has 0 aliphatic rings. The number of rotatable bonds is 9. The number of nitrogens with one attached hydrogen (secondary N) is 1. The summed E-state index contributed by atoms with van der Waals surface area (Å²) in [5.74, 6) is -0.289. The van der Waals surface area contributed by atoms with Crippen LogP contribution in [0.4, 0.5) is 0 Å².